The lowest BCUT2D eigenvalue weighted by Gasteiger charge is -2.32. The molecular weight excluding hydrogens is 410 g/mol. The fourth-order valence-electron chi connectivity index (χ4n) is 3.81. The molecule has 170 valence electrons. The van der Waals surface area contributed by atoms with Crippen LogP contribution in [0.2, 0.25) is 0 Å². The van der Waals surface area contributed by atoms with Crippen LogP contribution in [0.25, 0.3) is 5.52 Å². The zero-order chi connectivity index (χ0) is 22.8. The highest BCUT2D eigenvalue weighted by molar-refractivity contribution is 6.27. The summed E-state index contributed by atoms with van der Waals surface area (Å²) in [5.41, 5.74) is 2.58. The van der Waals surface area contributed by atoms with E-state index < -0.39 is 11.9 Å². The van der Waals surface area contributed by atoms with Gasteiger partial charge < -0.3 is 19.8 Å². The predicted octanol–water partition coefficient (Wildman–Crippen LogP) is 3.53. The maximum Gasteiger partial charge on any atom is 0.414 e. The molecule has 3 heterocycles. The van der Waals surface area contributed by atoms with Gasteiger partial charge in [0.1, 0.15) is 0 Å². The normalized spacial score (nSPS) is 14.5. The van der Waals surface area contributed by atoms with Gasteiger partial charge in [-0.2, -0.15) is 0 Å². The number of hydrogen-bond acceptors (Lipinski definition) is 5. The number of ether oxygens (including phenoxy) is 1. The first kappa shape index (κ1) is 23.3. The molecule has 1 aromatic carbocycles. The highest BCUT2D eigenvalue weighted by Crippen LogP contribution is 2.27. The molecule has 0 aliphatic carbocycles. The minimum atomic E-state index is -1.82. The Bertz CT molecular complexity index is 952. The Balaban J connectivity index is 0.000000427. The van der Waals surface area contributed by atoms with Gasteiger partial charge in [0, 0.05) is 12.3 Å². The summed E-state index contributed by atoms with van der Waals surface area (Å²) >= 11 is 0. The number of aromatic nitrogens is 2. The number of pyridine rings is 1. The first-order valence-electron chi connectivity index (χ1n) is 10.8. The summed E-state index contributed by atoms with van der Waals surface area (Å²) in [6.07, 6.45) is 6.76. The minimum Gasteiger partial charge on any atom is -0.477 e. The van der Waals surface area contributed by atoms with Crippen LogP contribution < -0.4 is 4.74 Å². The van der Waals surface area contributed by atoms with Crippen LogP contribution in [-0.2, 0) is 9.59 Å². The van der Waals surface area contributed by atoms with Crippen molar-refractivity contribution in [2.24, 2.45) is 0 Å². The van der Waals surface area contributed by atoms with Gasteiger partial charge in [-0.15, -0.1) is 5.10 Å². The quantitative estimate of drug-likeness (QED) is 0.429. The summed E-state index contributed by atoms with van der Waals surface area (Å²) in [7, 11) is 0. The molecule has 32 heavy (non-hydrogen) atoms. The van der Waals surface area contributed by atoms with Gasteiger partial charge in [0.05, 0.1) is 12.1 Å². The van der Waals surface area contributed by atoms with Gasteiger partial charge in [-0.1, -0.05) is 36.4 Å². The van der Waals surface area contributed by atoms with E-state index in [0.29, 0.717) is 0 Å². The number of likely N-dealkylation sites (tertiary alicyclic amines) is 1. The summed E-state index contributed by atoms with van der Waals surface area (Å²) < 4.78 is 7.66. The van der Waals surface area contributed by atoms with Crippen molar-refractivity contribution < 1.29 is 24.5 Å². The van der Waals surface area contributed by atoms with Crippen LogP contribution in [0.3, 0.4) is 0 Å². The Morgan fingerprint density at radius 2 is 1.66 bits per heavy atom. The second-order valence-electron chi connectivity index (χ2n) is 7.75. The average Bonchev–Trinajstić information content (AvgIpc) is 3.23. The van der Waals surface area contributed by atoms with Gasteiger partial charge in [-0.3, -0.25) is 0 Å². The molecule has 8 nitrogen and oxygen atoms in total. The molecule has 1 aliphatic rings. The smallest absolute Gasteiger partial charge is 0.414 e. The van der Waals surface area contributed by atoms with E-state index in [9.17, 15) is 0 Å². The molecule has 0 bridgehead atoms. The molecule has 0 amide bonds. The van der Waals surface area contributed by atoms with E-state index in [4.69, 9.17) is 24.5 Å². The van der Waals surface area contributed by atoms with Crippen LogP contribution in [0.15, 0.2) is 60.8 Å². The molecule has 2 aromatic heterocycles. The minimum absolute atomic E-state index is 0.722. The van der Waals surface area contributed by atoms with Crippen molar-refractivity contribution in [2.45, 2.75) is 31.6 Å². The number of carboxylic acids is 2. The van der Waals surface area contributed by atoms with Gasteiger partial charge in [0.25, 0.3) is 0 Å². The molecule has 0 spiro atoms. The lowest BCUT2D eigenvalue weighted by Crippen LogP contribution is -2.33. The SMILES string of the molecule is O=C(O)C(=O)O.c1ccc(C2CCN(CCCCOc3cc4ccccn4n3)CC2)cc1. The van der Waals surface area contributed by atoms with E-state index in [1.807, 2.05) is 35.0 Å². The van der Waals surface area contributed by atoms with Crippen molar-refractivity contribution in [2.75, 3.05) is 26.2 Å². The number of nitrogens with zero attached hydrogens (tertiary/aromatic N) is 3. The second-order valence-corrected chi connectivity index (χ2v) is 7.75. The Kier molecular flexibility index (Phi) is 8.62. The topological polar surface area (TPSA) is 104 Å². The van der Waals surface area contributed by atoms with Gasteiger partial charge in [0.2, 0.25) is 5.88 Å². The first-order chi connectivity index (χ1) is 15.5. The molecule has 1 saturated heterocycles. The number of carbonyl (C=O) groups is 2. The molecule has 8 heteroatoms. The highest BCUT2D eigenvalue weighted by Gasteiger charge is 2.19. The molecular formula is C24H29N3O5. The Morgan fingerprint density at radius 1 is 0.969 bits per heavy atom. The molecule has 2 N–H and O–H groups in total. The van der Waals surface area contributed by atoms with E-state index in [2.05, 4.69) is 40.3 Å². The van der Waals surface area contributed by atoms with Crippen molar-refractivity contribution in [1.82, 2.24) is 14.5 Å². The lowest BCUT2D eigenvalue weighted by atomic mass is 9.89. The Hall–Kier alpha value is -3.39. The third-order valence-electron chi connectivity index (χ3n) is 5.51. The molecule has 0 saturated carbocycles. The number of rotatable bonds is 7. The van der Waals surface area contributed by atoms with Crippen LogP contribution in [0.4, 0.5) is 0 Å². The lowest BCUT2D eigenvalue weighted by molar-refractivity contribution is -0.159. The van der Waals surface area contributed by atoms with Gasteiger partial charge in [0.15, 0.2) is 0 Å². The number of hydrogen-bond donors (Lipinski definition) is 2. The average molecular weight is 440 g/mol. The number of piperidine rings is 1. The van der Waals surface area contributed by atoms with Crippen LogP contribution in [0.5, 0.6) is 5.88 Å². The van der Waals surface area contributed by atoms with Crippen LogP contribution in [0, 0.1) is 0 Å². The summed E-state index contributed by atoms with van der Waals surface area (Å²) in [5, 5.41) is 19.2. The third-order valence-corrected chi connectivity index (χ3v) is 5.51. The molecule has 3 aromatic rings. The largest absolute Gasteiger partial charge is 0.477 e. The standard InChI is InChI=1S/C22H27N3O.C2H2O4/c1-2-8-19(9-3-1)20-11-15-24(16-12-20)13-6-7-17-26-22-18-21-10-4-5-14-25(21)23-22;3-1(4)2(5)6/h1-5,8-10,14,18,20H,6-7,11-13,15-17H2;(H,3,4)(H,5,6). The summed E-state index contributed by atoms with van der Waals surface area (Å²) in [5.74, 6) is -2.18. The van der Waals surface area contributed by atoms with E-state index >= 15 is 0 Å². The maximum atomic E-state index is 9.10. The molecule has 0 atom stereocenters. The summed E-state index contributed by atoms with van der Waals surface area (Å²) in [6, 6.07) is 19.0. The highest BCUT2D eigenvalue weighted by atomic mass is 16.5. The maximum absolute atomic E-state index is 9.10. The fraction of sp³-hybridized carbons (Fsp3) is 0.375. The van der Waals surface area contributed by atoms with E-state index in [0.717, 1.165) is 30.3 Å². The number of fused-ring (bicyclic) bond motifs is 1. The summed E-state index contributed by atoms with van der Waals surface area (Å²) in [4.78, 5) is 20.8. The van der Waals surface area contributed by atoms with Crippen molar-refractivity contribution in [3.8, 4) is 5.88 Å². The van der Waals surface area contributed by atoms with Crippen molar-refractivity contribution in [3.05, 3.63) is 66.4 Å². The van der Waals surface area contributed by atoms with Gasteiger partial charge in [-0.25, -0.2) is 14.1 Å². The zero-order valence-electron chi connectivity index (χ0n) is 18.0. The number of aliphatic carboxylic acids is 2. The third kappa shape index (κ3) is 7.09. The fourth-order valence-corrected chi connectivity index (χ4v) is 3.81. The van der Waals surface area contributed by atoms with E-state index in [1.54, 1.807) is 0 Å². The molecule has 0 radical (unpaired) electrons. The van der Waals surface area contributed by atoms with Crippen LogP contribution in [0.1, 0.15) is 37.2 Å². The van der Waals surface area contributed by atoms with Gasteiger partial charge in [-0.05, 0) is 68.9 Å². The summed E-state index contributed by atoms with van der Waals surface area (Å²) in [6.45, 7) is 4.35. The number of benzene rings is 1. The second kappa shape index (κ2) is 11.9. The first-order valence-corrected chi connectivity index (χ1v) is 10.8. The number of unbranched alkanes of at least 4 members (excludes halogenated alkanes) is 1. The van der Waals surface area contributed by atoms with E-state index in [1.165, 1.54) is 44.5 Å². The molecule has 0 unspecified atom stereocenters. The van der Waals surface area contributed by atoms with Crippen molar-refractivity contribution in [1.29, 1.82) is 0 Å². The number of carboxylic acid groups (broad SMARTS) is 2. The molecule has 1 aliphatic heterocycles. The Morgan fingerprint density at radius 3 is 2.31 bits per heavy atom. The van der Waals surface area contributed by atoms with E-state index in [-0.39, 0.29) is 0 Å². The van der Waals surface area contributed by atoms with Crippen LogP contribution in [-0.4, -0.2) is 62.9 Å². The Labute approximate surface area is 187 Å². The monoisotopic (exact) mass is 439 g/mol. The molecule has 1 fully saturated rings. The zero-order valence-corrected chi connectivity index (χ0v) is 18.0. The van der Waals surface area contributed by atoms with Crippen molar-refractivity contribution >= 4 is 17.5 Å². The van der Waals surface area contributed by atoms with Gasteiger partial charge >= 0.3 is 11.9 Å². The predicted molar refractivity (Wildman–Crippen MR) is 120 cm³/mol. The molecule has 4 rings (SSSR count). The van der Waals surface area contributed by atoms with Crippen molar-refractivity contribution in [3.63, 3.8) is 0 Å². The van der Waals surface area contributed by atoms with Crippen LogP contribution >= 0.6 is 0 Å².